The van der Waals surface area contributed by atoms with Gasteiger partial charge >= 0.3 is 12.2 Å². The van der Waals surface area contributed by atoms with Crippen LogP contribution in [0.25, 0.3) is 5.57 Å². The van der Waals surface area contributed by atoms with Crippen LogP contribution in [-0.4, -0.2) is 45.7 Å². The second-order valence-electron chi connectivity index (χ2n) is 6.77. The fourth-order valence-electron chi connectivity index (χ4n) is 3.13. The molecule has 9 heteroatoms. The number of hydrogen-bond donors (Lipinski definition) is 2. The summed E-state index contributed by atoms with van der Waals surface area (Å²) in [5.74, 6) is 0.0646. The number of pyridine rings is 2. The van der Waals surface area contributed by atoms with Gasteiger partial charge in [-0.1, -0.05) is 12.1 Å². The van der Waals surface area contributed by atoms with Gasteiger partial charge in [-0.25, -0.2) is 9.78 Å². The van der Waals surface area contributed by atoms with Gasteiger partial charge in [-0.2, -0.15) is 13.2 Å². The number of hydrogen-bond acceptors (Lipinski definition) is 4. The molecule has 1 aliphatic heterocycles. The molecule has 154 valence electrons. The third kappa shape index (κ3) is 5.11. The summed E-state index contributed by atoms with van der Waals surface area (Å²) in [5, 5.41) is 11.5. The monoisotopic (exact) mass is 406 g/mol. The van der Waals surface area contributed by atoms with E-state index in [1.165, 1.54) is 0 Å². The minimum absolute atomic E-state index is 0.0646. The summed E-state index contributed by atoms with van der Waals surface area (Å²) in [5.41, 5.74) is 3.02. The number of aromatic nitrogens is 2. The van der Waals surface area contributed by atoms with E-state index in [1.807, 2.05) is 19.1 Å². The van der Waals surface area contributed by atoms with E-state index in [9.17, 15) is 18.0 Å². The van der Waals surface area contributed by atoms with Crippen molar-refractivity contribution in [1.82, 2.24) is 14.9 Å². The first-order valence-corrected chi connectivity index (χ1v) is 9.13. The van der Waals surface area contributed by atoms with Gasteiger partial charge in [-0.05, 0) is 48.6 Å². The molecule has 0 saturated heterocycles. The number of aliphatic hydroxyl groups excluding tert-OH is 1. The Bertz CT molecular complexity index is 911. The fraction of sp³-hybridized carbons (Fsp3) is 0.350. The molecule has 2 aromatic rings. The first-order chi connectivity index (χ1) is 13.8. The lowest BCUT2D eigenvalue weighted by Gasteiger charge is -2.27. The summed E-state index contributed by atoms with van der Waals surface area (Å²) in [6.45, 7) is 2.85. The van der Waals surface area contributed by atoms with Crippen molar-refractivity contribution in [2.24, 2.45) is 0 Å². The molecule has 2 aromatic heterocycles. The zero-order chi connectivity index (χ0) is 21.0. The molecule has 0 bridgehead atoms. The Morgan fingerprint density at radius 3 is 2.62 bits per heavy atom. The van der Waals surface area contributed by atoms with Crippen molar-refractivity contribution >= 4 is 17.4 Å². The number of anilines is 1. The quantitative estimate of drug-likeness (QED) is 0.812. The molecule has 0 aliphatic carbocycles. The summed E-state index contributed by atoms with van der Waals surface area (Å²) in [4.78, 5) is 22.1. The average molecular weight is 406 g/mol. The molecule has 2 amide bonds. The number of alkyl halides is 3. The minimum atomic E-state index is -4.47. The van der Waals surface area contributed by atoms with Gasteiger partial charge in [-0.15, -0.1) is 0 Å². The van der Waals surface area contributed by atoms with E-state index >= 15 is 0 Å². The van der Waals surface area contributed by atoms with E-state index in [0.29, 0.717) is 32.1 Å². The van der Waals surface area contributed by atoms with Gasteiger partial charge in [0.25, 0.3) is 0 Å². The number of halogens is 3. The third-order valence-corrected chi connectivity index (χ3v) is 4.66. The van der Waals surface area contributed by atoms with Crippen molar-refractivity contribution in [3.63, 3.8) is 0 Å². The third-order valence-electron chi connectivity index (χ3n) is 4.66. The van der Waals surface area contributed by atoms with Crippen LogP contribution < -0.4 is 5.32 Å². The van der Waals surface area contributed by atoms with Gasteiger partial charge in [0.2, 0.25) is 0 Å². The van der Waals surface area contributed by atoms with E-state index in [4.69, 9.17) is 5.11 Å². The summed E-state index contributed by atoms with van der Waals surface area (Å²) >= 11 is 0. The molecule has 2 N–H and O–H groups in total. The minimum Gasteiger partial charge on any atom is -0.396 e. The Labute approximate surface area is 166 Å². The van der Waals surface area contributed by atoms with E-state index in [2.05, 4.69) is 15.3 Å². The van der Waals surface area contributed by atoms with Crippen LogP contribution >= 0.6 is 0 Å². The highest BCUT2D eigenvalue weighted by Gasteiger charge is 2.30. The van der Waals surface area contributed by atoms with Gasteiger partial charge in [0, 0.05) is 32.1 Å². The normalized spacial score (nSPS) is 14.5. The Hall–Kier alpha value is -2.94. The van der Waals surface area contributed by atoms with Crippen LogP contribution in [0.5, 0.6) is 0 Å². The first kappa shape index (κ1) is 20.8. The standard InChI is InChI=1S/C20H21F3N4O2/c1-13-10-14(6-9-28)11-25-18(13)15-4-7-27(8-5-15)19(29)26-17-3-2-16(12-24-17)20(21,22)23/h2-4,10-12,28H,5-9H2,1H3,(H,24,26,29). The smallest absolute Gasteiger partial charge is 0.396 e. The molecule has 0 fully saturated rings. The van der Waals surface area contributed by atoms with Crippen molar-refractivity contribution in [3.05, 3.63) is 59.1 Å². The van der Waals surface area contributed by atoms with Crippen LogP contribution in [0, 0.1) is 6.92 Å². The maximum absolute atomic E-state index is 12.6. The van der Waals surface area contributed by atoms with Gasteiger partial charge in [-0.3, -0.25) is 10.3 Å². The van der Waals surface area contributed by atoms with Crippen molar-refractivity contribution < 1.29 is 23.1 Å². The molecule has 0 saturated carbocycles. The summed E-state index contributed by atoms with van der Waals surface area (Å²) < 4.78 is 37.7. The molecule has 0 radical (unpaired) electrons. The maximum atomic E-state index is 12.6. The number of rotatable bonds is 4. The van der Waals surface area contributed by atoms with Gasteiger partial charge in [0.05, 0.1) is 11.3 Å². The fourth-order valence-corrected chi connectivity index (χ4v) is 3.13. The Balaban J connectivity index is 1.62. The number of amides is 2. The zero-order valence-electron chi connectivity index (χ0n) is 15.8. The molecule has 29 heavy (non-hydrogen) atoms. The second kappa shape index (κ2) is 8.60. The largest absolute Gasteiger partial charge is 0.417 e. The Kier molecular flexibility index (Phi) is 6.17. The van der Waals surface area contributed by atoms with Gasteiger partial charge < -0.3 is 10.0 Å². The number of carbonyl (C=O) groups excluding carboxylic acids is 1. The lowest BCUT2D eigenvalue weighted by molar-refractivity contribution is -0.137. The van der Waals surface area contributed by atoms with Crippen LogP contribution in [0.15, 0.2) is 36.7 Å². The SMILES string of the molecule is Cc1cc(CCO)cnc1C1=CCN(C(=O)Nc2ccc(C(F)(F)F)cn2)CC1. The second-order valence-corrected chi connectivity index (χ2v) is 6.77. The highest BCUT2D eigenvalue weighted by Crippen LogP contribution is 2.29. The lowest BCUT2D eigenvalue weighted by Crippen LogP contribution is -2.38. The van der Waals surface area contributed by atoms with Crippen molar-refractivity contribution in [2.75, 3.05) is 25.0 Å². The Morgan fingerprint density at radius 2 is 2.07 bits per heavy atom. The highest BCUT2D eigenvalue weighted by molar-refractivity contribution is 5.89. The predicted octanol–water partition coefficient (Wildman–Crippen LogP) is 3.66. The number of carbonyl (C=O) groups is 1. The summed E-state index contributed by atoms with van der Waals surface area (Å²) in [6, 6.07) is 3.59. The molecular formula is C20H21F3N4O2. The first-order valence-electron chi connectivity index (χ1n) is 9.13. The molecule has 0 spiro atoms. The number of nitrogens with zero attached hydrogens (tertiary/aromatic N) is 3. The van der Waals surface area contributed by atoms with Crippen LogP contribution in [0.3, 0.4) is 0 Å². The van der Waals surface area contributed by atoms with Crippen LogP contribution in [-0.2, 0) is 12.6 Å². The van der Waals surface area contributed by atoms with Gasteiger partial charge in [0.15, 0.2) is 0 Å². The van der Waals surface area contributed by atoms with Crippen molar-refractivity contribution in [1.29, 1.82) is 0 Å². The van der Waals surface area contributed by atoms with Crippen LogP contribution in [0.4, 0.5) is 23.8 Å². The molecule has 3 rings (SSSR count). The molecular weight excluding hydrogens is 385 g/mol. The topological polar surface area (TPSA) is 78.4 Å². The molecule has 1 aliphatic rings. The van der Waals surface area contributed by atoms with E-state index in [1.54, 1.807) is 11.1 Å². The molecule has 3 heterocycles. The van der Waals surface area contributed by atoms with Crippen LogP contribution in [0.1, 0.15) is 28.8 Å². The molecule has 0 aromatic carbocycles. The molecule has 0 unspecified atom stereocenters. The van der Waals surface area contributed by atoms with Crippen molar-refractivity contribution in [3.8, 4) is 0 Å². The highest BCUT2D eigenvalue weighted by atomic mass is 19.4. The number of nitrogens with one attached hydrogen (secondary N) is 1. The summed E-state index contributed by atoms with van der Waals surface area (Å²) in [6.07, 6.45) is 1.06. The average Bonchev–Trinajstić information content (AvgIpc) is 2.68. The molecule has 6 nitrogen and oxygen atoms in total. The summed E-state index contributed by atoms with van der Waals surface area (Å²) in [7, 11) is 0. The zero-order valence-corrected chi connectivity index (χ0v) is 15.8. The lowest BCUT2D eigenvalue weighted by atomic mass is 9.99. The van der Waals surface area contributed by atoms with Crippen molar-refractivity contribution in [2.45, 2.75) is 25.9 Å². The van der Waals surface area contributed by atoms with E-state index in [-0.39, 0.29) is 12.4 Å². The Morgan fingerprint density at radius 1 is 1.28 bits per heavy atom. The number of aryl methyl sites for hydroxylation is 1. The maximum Gasteiger partial charge on any atom is 0.417 e. The van der Waals surface area contributed by atoms with Crippen LogP contribution in [0.2, 0.25) is 0 Å². The molecule has 0 atom stereocenters. The van der Waals surface area contributed by atoms with E-state index in [0.717, 1.165) is 34.5 Å². The number of urea groups is 1. The number of aliphatic hydroxyl groups is 1. The van der Waals surface area contributed by atoms with Gasteiger partial charge in [0.1, 0.15) is 5.82 Å². The van der Waals surface area contributed by atoms with E-state index < -0.39 is 17.8 Å². The predicted molar refractivity (Wildman–Crippen MR) is 102 cm³/mol.